The van der Waals surface area contributed by atoms with Crippen LogP contribution in [0, 0.1) is 0 Å². The summed E-state index contributed by atoms with van der Waals surface area (Å²) in [6.45, 7) is 5.18. The molecule has 0 saturated heterocycles. The molecule has 0 fully saturated rings. The minimum atomic E-state index is -3.20. The third-order valence-corrected chi connectivity index (χ3v) is 5.94. The normalized spacial score (nSPS) is 18.9. The van der Waals surface area contributed by atoms with E-state index in [4.69, 9.17) is 4.42 Å². The van der Waals surface area contributed by atoms with Crippen LogP contribution in [0.25, 0.3) is 0 Å². The lowest BCUT2D eigenvalue weighted by molar-refractivity contribution is 0.132. The van der Waals surface area contributed by atoms with Gasteiger partial charge in [-0.15, -0.1) is 0 Å². The molecule has 3 heterocycles. The largest absolute Gasteiger partial charge is 0.463 e. The summed E-state index contributed by atoms with van der Waals surface area (Å²) in [5, 5.41) is 0. The molecule has 0 saturated carbocycles. The van der Waals surface area contributed by atoms with Gasteiger partial charge < -0.3 is 8.98 Å². The lowest BCUT2D eigenvalue weighted by atomic mass is 10.1. The van der Waals surface area contributed by atoms with Gasteiger partial charge in [-0.1, -0.05) is 6.92 Å². The number of rotatable bonds is 6. The predicted molar refractivity (Wildman–Crippen MR) is 92.9 cm³/mol. The van der Waals surface area contributed by atoms with Crippen LogP contribution < -0.4 is 0 Å². The highest BCUT2D eigenvalue weighted by molar-refractivity contribution is 7.88. The number of aromatic nitrogens is 1. The van der Waals surface area contributed by atoms with Crippen molar-refractivity contribution in [3.8, 4) is 0 Å². The Morgan fingerprint density at radius 2 is 2.00 bits per heavy atom. The summed E-state index contributed by atoms with van der Waals surface area (Å²) in [6.07, 6.45) is 4.39. The van der Waals surface area contributed by atoms with Gasteiger partial charge >= 0.3 is 0 Å². The van der Waals surface area contributed by atoms with Crippen molar-refractivity contribution in [3.05, 3.63) is 47.7 Å². The van der Waals surface area contributed by atoms with E-state index in [9.17, 15) is 8.42 Å². The molecule has 132 valence electrons. The van der Waals surface area contributed by atoms with E-state index in [-0.39, 0.29) is 6.54 Å². The fourth-order valence-corrected chi connectivity index (χ4v) is 3.66. The average molecular weight is 351 g/mol. The van der Waals surface area contributed by atoms with Crippen molar-refractivity contribution >= 4 is 10.0 Å². The van der Waals surface area contributed by atoms with Crippen molar-refractivity contribution in [3.63, 3.8) is 0 Å². The first-order valence-electron chi connectivity index (χ1n) is 8.26. The molecule has 2 aromatic heterocycles. The average Bonchev–Trinajstić information content (AvgIpc) is 3.15. The van der Waals surface area contributed by atoms with Gasteiger partial charge in [0.1, 0.15) is 11.5 Å². The van der Waals surface area contributed by atoms with Crippen LogP contribution in [0.4, 0.5) is 0 Å². The Morgan fingerprint density at radius 3 is 2.71 bits per heavy atom. The minimum Gasteiger partial charge on any atom is -0.463 e. The van der Waals surface area contributed by atoms with Crippen molar-refractivity contribution in [1.29, 1.82) is 0 Å². The van der Waals surface area contributed by atoms with Gasteiger partial charge in [0, 0.05) is 32.0 Å². The van der Waals surface area contributed by atoms with Crippen LogP contribution in [0.2, 0.25) is 0 Å². The first-order chi connectivity index (χ1) is 11.4. The molecule has 1 aliphatic rings. The maximum atomic E-state index is 11.5. The van der Waals surface area contributed by atoms with Gasteiger partial charge in [-0.3, -0.25) is 4.90 Å². The number of nitrogens with zero attached hydrogens (tertiary/aromatic N) is 3. The van der Waals surface area contributed by atoms with Crippen LogP contribution in [0.3, 0.4) is 0 Å². The van der Waals surface area contributed by atoms with Gasteiger partial charge in [0.2, 0.25) is 10.0 Å². The molecule has 0 aromatic carbocycles. The van der Waals surface area contributed by atoms with Gasteiger partial charge in [0.15, 0.2) is 0 Å². The molecule has 0 radical (unpaired) electrons. The van der Waals surface area contributed by atoms with E-state index in [1.807, 2.05) is 12.1 Å². The Morgan fingerprint density at radius 1 is 1.25 bits per heavy atom. The molecule has 24 heavy (non-hydrogen) atoms. The Labute approximate surface area is 143 Å². The van der Waals surface area contributed by atoms with Gasteiger partial charge in [0.05, 0.1) is 25.4 Å². The van der Waals surface area contributed by atoms with E-state index >= 15 is 0 Å². The summed E-state index contributed by atoms with van der Waals surface area (Å²) in [4.78, 5) is 2.43. The predicted octanol–water partition coefficient (Wildman–Crippen LogP) is 2.44. The van der Waals surface area contributed by atoms with Crippen LogP contribution in [0.15, 0.2) is 34.9 Å². The minimum absolute atomic E-state index is 0.263. The molecule has 0 N–H and O–H groups in total. The van der Waals surface area contributed by atoms with Gasteiger partial charge in [0.25, 0.3) is 0 Å². The standard InChI is InChI=1S/C17H25N3O3S/c1-4-16-17-6-5-9-19(17)10-11-20(16)13-15-8-7-14(23-15)12-18(2)24(3,21)22/h5-9,16H,4,10-13H2,1-3H3/t16-/m0/s1. The zero-order valence-electron chi connectivity index (χ0n) is 14.5. The lowest BCUT2D eigenvalue weighted by Crippen LogP contribution is -2.36. The number of hydrogen-bond acceptors (Lipinski definition) is 4. The molecule has 7 heteroatoms. The highest BCUT2D eigenvalue weighted by atomic mass is 32.2. The number of fused-ring (bicyclic) bond motifs is 1. The second-order valence-corrected chi connectivity index (χ2v) is 8.50. The fourth-order valence-electron chi connectivity index (χ4n) is 3.30. The Balaban J connectivity index is 1.69. The Bertz CT molecular complexity index is 794. The first kappa shape index (κ1) is 17.3. The molecule has 0 spiro atoms. The van der Waals surface area contributed by atoms with Crippen LogP contribution in [-0.4, -0.2) is 42.0 Å². The molecule has 0 aliphatic carbocycles. The molecule has 0 bridgehead atoms. The second-order valence-electron chi connectivity index (χ2n) is 6.41. The summed E-state index contributed by atoms with van der Waals surface area (Å²) in [7, 11) is -1.64. The summed E-state index contributed by atoms with van der Waals surface area (Å²) in [6, 6.07) is 8.50. The molecule has 0 unspecified atom stereocenters. The lowest BCUT2D eigenvalue weighted by Gasteiger charge is -2.36. The van der Waals surface area contributed by atoms with Crippen molar-refractivity contribution < 1.29 is 12.8 Å². The van der Waals surface area contributed by atoms with Gasteiger partial charge in [-0.05, 0) is 30.7 Å². The highest BCUT2D eigenvalue weighted by Gasteiger charge is 2.26. The van der Waals surface area contributed by atoms with Gasteiger partial charge in [-0.2, -0.15) is 4.31 Å². The van der Waals surface area contributed by atoms with E-state index in [0.717, 1.165) is 31.8 Å². The van der Waals surface area contributed by atoms with E-state index in [1.165, 1.54) is 16.3 Å². The first-order valence-corrected chi connectivity index (χ1v) is 10.1. The SMILES string of the molecule is CC[C@H]1c2cccn2CCN1Cc1ccc(CN(C)S(C)(=O)=O)o1. The topological polar surface area (TPSA) is 58.7 Å². The van der Waals surface area contributed by atoms with Crippen LogP contribution in [-0.2, 0) is 29.7 Å². The number of furan rings is 1. The third-order valence-electron chi connectivity index (χ3n) is 4.68. The molecular weight excluding hydrogens is 326 g/mol. The van der Waals surface area contributed by atoms with Crippen LogP contribution in [0.1, 0.15) is 36.6 Å². The summed E-state index contributed by atoms with van der Waals surface area (Å²) < 4.78 is 32.5. The molecular formula is C17H25N3O3S. The number of sulfonamides is 1. The fraction of sp³-hybridized carbons (Fsp3) is 0.529. The molecule has 1 aliphatic heterocycles. The van der Waals surface area contributed by atoms with Crippen molar-refractivity contribution in [2.45, 2.75) is 39.0 Å². The zero-order valence-corrected chi connectivity index (χ0v) is 15.3. The molecule has 2 aromatic rings. The Kier molecular flexibility index (Phi) is 4.85. The summed E-state index contributed by atoms with van der Waals surface area (Å²) >= 11 is 0. The van der Waals surface area contributed by atoms with Crippen molar-refractivity contribution in [1.82, 2.24) is 13.8 Å². The van der Waals surface area contributed by atoms with Gasteiger partial charge in [-0.25, -0.2) is 8.42 Å². The van der Waals surface area contributed by atoms with E-state index in [2.05, 4.69) is 34.7 Å². The molecule has 6 nitrogen and oxygen atoms in total. The zero-order chi connectivity index (χ0) is 17.3. The Hall–Kier alpha value is -1.57. The van der Waals surface area contributed by atoms with E-state index in [0.29, 0.717) is 11.8 Å². The van der Waals surface area contributed by atoms with E-state index in [1.54, 1.807) is 7.05 Å². The number of hydrogen-bond donors (Lipinski definition) is 0. The molecule has 1 atom stereocenters. The third kappa shape index (κ3) is 3.58. The molecule has 0 amide bonds. The van der Waals surface area contributed by atoms with Crippen molar-refractivity contribution in [2.24, 2.45) is 0 Å². The quantitative estimate of drug-likeness (QED) is 0.802. The summed E-state index contributed by atoms with van der Waals surface area (Å²) in [5.41, 5.74) is 1.35. The smallest absolute Gasteiger partial charge is 0.211 e. The second kappa shape index (κ2) is 6.74. The monoisotopic (exact) mass is 351 g/mol. The van der Waals surface area contributed by atoms with Crippen LogP contribution in [0.5, 0.6) is 0 Å². The molecule has 3 rings (SSSR count). The van der Waals surface area contributed by atoms with E-state index < -0.39 is 10.0 Å². The highest BCUT2D eigenvalue weighted by Crippen LogP contribution is 2.30. The maximum Gasteiger partial charge on any atom is 0.211 e. The maximum absolute atomic E-state index is 11.5. The van der Waals surface area contributed by atoms with Crippen molar-refractivity contribution in [2.75, 3.05) is 19.8 Å². The summed E-state index contributed by atoms with van der Waals surface area (Å²) in [5.74, 6) is 1.55. The van der Waals surface area contributed by atoms with Crippen LogP contribution >= 0.6 is 0 Å².